The summed E-state index contributed by atoms with van der Waals surface area (Å²) in [6, 6.07) is 5.15. The number of nitrogens with one attached hydrogen (secondary N) is 1. The molecule has 1 N–H and O–H groups in total. The Hall–Kier alpha value is -1.99. The third-order valence-electron chi connectivity index (χ3n) is 3.16. The molecule has 112 valence electrons. The van der Waals surface area contributed by atoms with Gasteiger partial charge in [-0.25, -0.2) is 8.42 Å². The number of benzene rings is 1. The molecule has 1 aliphatic rings. The molecule has 1 aromatic carbocycles. The van der Waals surface area contributed by atoms with Crippen LogP contribution >= 0.6 is 0 Å². The molecule has 1 atom stereocenters. The first-order valence-electron chi connectivity index (χ1n) is 6.33. The second kappa shape index (κ2) is 5.42. The van der Waals surface area contributed by atoms with Crippen molar-refractivity contribution in [3.63, 3.8) is 0 Å². The molecule has 1 fully saturated rings. The number of allylic oxidation sites excluding steroid dienone is 1. The number of likely N-dealkylation sites (tertiary alicyclic amines) is 1. The second-order valence-corrected chi connectivity index (χ2v) is 6.71. The van der Waals surface area contributed by atoms with E-state index in [-0.39, 0.29) is 17.0 Å². The van der Waals surface area contributed by atoms with E-state index >= 15 is 0 Å². The molecule has 0 bridgehead atoms. The normalized spacial score (nSPS) is 19.1. The van der Waals surface area contributed by atoms with Crippen molar-refractivity contribution in [1.82, 2.24) is 9.62 Å². The molecule has 1 aromatic rings. The Morgan fingerprint density at radius 2 is 1.86 bits per heavy atom. The molecule has 7 heteroatoms. The van der Waals surface area contributed by atoms with Crippen LogP contribution in [0.4, 0.5) is 0 Å². The maximum absolute atomic E-state index is 12.2. The van der Waals surface area contributed by atoms with Crippen molar-refractivity contribution in [1.29, 1.82) is 0 Å². The number of amides is 2. The molecule has 0 aliphatic carbocycles. The molecule has 21 heavy (non-hydrogen) atoms. The lowest BCUT2D eigenvalue weighted by molar-refractivity contribution is -0.136. The Bertz CT molecular complexity index is 707. The van der Waals surface area contributed by atoms with Crippen LogP contribution in [-0.2, 0) is 19.6 Å². The predicted octanol–water partition coefficient (Wildman–Crippen LogP) is 0.934. The molecule has 1 aliphatic heterocycles. The van der Waals surface area contributed by atoms with Crippen LogP contribution in [0, 0.1) is 6.92 Å². The highest BCUT2D eigenvalue weighted by atomic mass is 32.2. The summed E-state index contributed by atoms with van der Waals surface area (Å²) in [5, 5.41) is 0. The van der Waals surface area contributed by atoms with E-state index in [0.717, 1.165) is 10.5 Å². The minimum Gasteiger partial charge on any atom is -0.274 e. The smallest absolute Gasteiger partial charge is 0.252 e. The molecule has 0 spiro atoms. The van der Waals surface area contributed by atoms with Crippen molar-refractivity contribution in [2.75, 3.05) is 0 Å². The summed E-state index contributed by atoms with van der Waals surface area (Å²) in [6.45, 7) is 6.91. The lowest BCUT2D eigenvalue weighted by Crippen LogP contribution is -2.41. The van der Waals surface area contributed by atoms with E-state index in [4.69, 9.17) is 0 Å². The van der Waals surface area contributed by atoms with Gasteiger partial charge in [-0.1, -0.05) is 24.3 Å². The first-order valence-corrected chi connectivity index (χ1v) is 7.82. The van der Waals surface area contributed by atoms with Gasteiger partial charge in [-0.3, -0.25) is 14.5 Å². The van der Waals surface area contributed by atoms with Gasteiger partial charge in [0.1, 0.15) is 6.04 Å². The van der Waals surface area contributed by atoms with Crippen molar-refractivity contribution in [2.24, 2.45) is 0 Å². The fourth-order valence-corrected chi connectivity index (χ4v) is 3.29. The summed E-state index contributed by atoms with van der Waals surface area (Å²) < 4.78 is 26.7. The minimum absolute atomic E-state index is 0.0575. The zero-order valence-corrected chi connectivity index (χ0v) is 12.6. The van der Waals surface area contributed by atoms with Gasteiger partial charge in [0.05, 0.1) is 11.3 Å². The lowest BCUT2D eigenvalue weighted by atomic mass is 10.2. The summed E-state index contributed by atoms with van der Waals surface area (Å²) in [6.07, 6.45) is -0.198. The monoisotopic (exact) mass is 308 g/mol. The van der Waals surface area contributed by atoms with Gasteiger partial charge in [0.25, 0.3) is 5.91 Å². The molecule has 1 unspecified atom stereocenters. The van der Waals surface area contributed by atoms with E-state index in [2.05, 4.69) is 11.3 Å². The molecule has 2 amide bonds. The van der Waals surface area contributed by atoms with Crippen molar-refractivity contribution in [3.05, 3.63) is 42.1 Å². The summed E-state index contributed by atoms with van der Waals surface area (Å²) in [5.74, 6) is -1.05. The Morgan fingerprint density at radius 1 is 1.29 bits per heavy atom. The molecular formula is C14H16N2O4S. The summed E-state index contributed by atoms with van der Waals surface area (Å²) in [5.41, 5.74) is 1.21. The summed E-state index contributed by atoms with van der Waals surface area (Å²) >= 11 is 0. The Kier molecular flexibility index (Phi) is 3.97. The van der Waals surface area contributed by atoms with Crippen LogP contribution in [0.25, 0.3) is 0 Å². The van der Waals surface area contributed by atoms with E-state index in [1.807, 2.05) is 6.92 Å². The van der Waals surface area contributed by atoms with Gasteiger partial charge in [-0.05, 0) is 26.0 Å². The van der Waals surface area contributed by atoms with Gasteiger partial charge >= 0.3 is 0 Å². The Morgan fingerprint density at radius 3 is 2.33 bits per heavy atom. The van der Waals surface area contributed by atoms with Crippen LogP contribution in [0.15, 0.2) is 41.4 Å². The molecule has 1 saturated heterocycles. The van der Waals surface area contributed by atoms with Gasteiger partial charge in [0.15, 0.2) is 0 Å². The lowest BCUT2D eigenvalue weighted by Gasteiger charge is -2.15. The fourth-order valence-electron chi connectivity index (χ4n) is 2.10. The summed E-state index contributed by atoms with van der Waals surface area (Å²) in [4.78, 5) is 24.7. The van der Waals surface area contributed by atoms with Crippen molar-refractivity contribution < 1.29 is 18.0 Å². The van der Waals surface area contributed by atoms with Crippen molar-refractivity contribution >= 4 is 21.8 Å². The topological polar surface area (TPSA) is 83.6 Å². The average Bonchev–Trinajstić information content (AvgIpc) is 2.64. The van der Waals surface area contributed by atoms with Gasteiger partial charge in [0, 0.05) is 5.70 Å². The van der Waals surface area contributed by atoms with Crippen molar-refractivity contribution in [2.45, 2.75) is 31.2 Å². The molecule has 0 saturated carbocycles. The van der Waals surface area contributed by atoms with E-state index in [1.54, 1.807) is 12.1 Å². The number of imide groups is 1. The molecule has 0 aromatic heterocycles. The van der Waals surface area contributed by atoms with Crippen LogP contribution in [0.3, 0.4) is 0 Å². The quantitative estimate of drug-likeness (QED) is 0.839. The van der Waals surface area contributed by atoms with E-state index in [0.29, 0.717) is 0 Å². The number of sulfonamides is 1. The third-order valence-corrected chi connectivity index (χ3v) is 4.64. The van der Waals surface area contributed by atoms with Crippen molar-refractivity contribution in [3.8, 4) is 0 Å². The highest BCUT2D eigenvalue weighted by Gasteiger charge is 2.41. The molecule has 6 nitrogen and oxygen atoms in total. The highest BCUT2D eigenvalue weighted by molar-refractivity contribution is 7.89. The maximum Gasteiger partial charge on any atom is 0.252 e. The number of rotatable bonds is 4. The SMILES string of the molecule is C=C(C)N1C(=O)CC(NS(=O)(=O)c2ccc(C)cc2)C1=O. The van der Waals surface area contributed by atoms with Gasteiger partial charge in [0.2, 0.25) is 15.9 Å². The average molecular weight is 308 g/mol. The zero-order chi connectivity index (χ0) is 15.8. The third kappa shape index (κ3) is 3.03. The molecule has 2 rings (SSSR count). The van der Waals surface area contributed by atoms with E-state index in [1.165, 1.54) is 19.1 Å². The summed E-state index contributed by atoms with van der Waals surface area (Å²) in [7, 11) is -3.85. The largest absolute Gasteiger partial charge is 0.274 e. The number of nitrogens with zero attached hydrogens (tertiary/aromatic N) is 1. The second-order valence-electron chi connectivity index (χ2n) is 4.99. The minimum atomic E-state index is -3.85. The first kappa shape index (κ1) is 15.4. The maximum atomic E-state index is 12.2. The number of aryl methyl sites for hydroxylation is 1. The van der Waals surface area contributed by atoms with Crippen LogP contribution in [0.1, 0.15) is 18.9 Å². The number of carbonyl (C=O) groups excluding carboxylic acids is 2. The molecular weight excluding hydrogens is 292 g/mol. The number of hydrogen-bond acceptors (Lipinski definition) is 4. The standard InChI is InChI=1S/C14H16N2O4S/c1-9(2)16-13(17)8-12(14(16)18)15-21(19,20)11-6-4-10(3)5-7-11/h4-7,12,15H,1,8H2,2-3H3. The van der Waals surface area contributed by atoms with Crippen LogP contribution in [-0.4, -0.2) is 31.2 Å². The molecule has 0 radical (unpaired) electrons. The predicted molar refractivity (Wildman–Crippen MR) is 76.6 cm³/mol. The van der Waals surface area contributed by atoms with E-state index < -0.39 is 27.9 Å². The van der Waals surface area contributed by atoms with Crippen LogP contribution < -0.4 is 4.72 Å². The number of hydrogen-bond donors (Lipinski definition) is 1. The zero-order valence-electron chi connectivity index (χ0n) is 11.8. The van der Waals surface area contributed by atoms with Gasteiger partial charge in [-0.15, -0.1) is 0 Å². The van der Waals surface area contributed by atoms with Crippen LogP contribution in [0.5, 0.6) is 0 Å². The van der Waals surface area contributed by atoms with Crippen LogP contribution in [0.2, 0.25) is 0 Å². The van der Waals surface area contributed by atoms with Gasteiger partial charge < -0.3 is 0 Å². The first-order chi connectivity index (χ1) is 9.72. The fraction of sp³-hybridized carbons (Fsp3) is 0.286. The Labute approximate surface area is 123 Å². The highest BCUT2D eigenvalue weighted by Crippen LogP contribution is 2.19. The Balaban J connectivity index is 2.22. The number of carbonyl (C=O) groups is 2. The van der Waals surface area contributed by atoms with Gasteiger partial charge in [-0.2, -0.15) is 4.72 Å². The van der Waals surface area contributed by atoms with E-state index in [9.17, 15) is 18.0 Å². The molecule has 1 heterocycles.